The molecule has 2 heterocycles. The number of alkyl halides is 7. The van der Waals surface area contributed by atoms with Gasteiger partial charge in [0.2, 0.25) is 0 Å². The molecule has 0 aromatic rings. The van der Waals surface area contributed by atoms with Crippen LogP contribution in [0, 0.1) is 29.1 Å². The molecule has 2 saturated heterocycles. The maximum absolute atomic E-state index is 13.1. The van der Waals surface area contributed by atoms with Crippen molar-refractivity contribution in [3.8, 4) is 0 Å². The summed E-state index contributed by atoms with van der Waals surface area (Å²) in [6.45, 7) is 3.51. The van der Waals surface area contributed by atoms with Crippen LogP contribution in [0.25, 0.3) is 0 Å². The van der Waals surface area contributed by atoms with Crippen molar-refractivity contribution >= 4 is 26.3 Å². The summed E-state index contributed by atoms with van der Waals surface area (Å²) in [6.07, 6.45) is -11.7. The van der Waals surface area contributed by atoms with Gasteiger partial charge in [0.25, 0.3) is 0 Å². The van der Waals surface area contributed by atoms with Crippen LogP contribution in [0.3, 0.4) is 0 Å². The molecule has 2 bridgehead atoms. The van der Waals surface area contributed by atoms with E-state index in [4.69, 9.17) is 4.74 Å². The summed E-state index contributed by atoms with van der Waals surface area (Å²) in [5.41, 5.74) is -5.48. The maximum atomic E-state index is 13.1. The van der Waals surface area contributed by atoms with E-state index in [1.807, 2.05) is 0 Å². The van der Waals surface area contributed by atoms with Crippen molar-refractivity contribution in [2.45, 2.75) is 61.2 Å². The normalized spacial score (nSPS) is 34.2. The summed E-state index contributed by atoms with van der Waals surface area (Å²) in [5, 5.41) is 9.54. The number of fused-ring (bicyclic) bond motifs is 3. The number of hydrogen-bond acceptors (Lipinski definition) is 5. The van der Waals surface area contributed by atoms with Crippen molar-refractivity contribution in [3.63, 3.8) is 0 Å². The number of rotatable bonds is 6. The summed E-state index contributed by atoms with van der Waals surface area (Å²) < 4.78 is 90.0. The van der Waals surface area contributed by atoms with Crippen molar-refractivity contribution < 1.29 is 41.0 Å². The Bertz CT molecular complexity index is 692. The summed E-state index contributed by atoms with van der Waals surface area (Å²) in [5.74, 6) is -2.04. The minimum absolute atomic E-state index is 0.000966. The van der Waals surface area contributed by atoms with E-state index in [2.05, 4.69) is 7.06 Å². The fourth-order valence-corrected chi connectivity index (χ4v) is 10.6. The van der Waals surface area contributed by atoms with Gasteiger partial charge < -0.3 is 0 Å². The molecule has 0 aromatic heterocycles. The Balaban J connectivity index is 1.39. The quantitative estimate of drug-likeness (QED) is 0.0904. The number of esters is 1. The van der Waals surface area contributed by atoms with Gasteiger partial charge in [-0.05, 0) is 0 Å². The van der Waals surface area contributed by atoms with Crippen LogP contribution in [0.1, 0.15) is 39.5 Å². The van der Waals surface area contributed by atoms with Gasteiger partial charge in [0, 0.05) is 0 Å². The van der Waals surface area contributed by atoms with Gasteiger partial charge in [-0.1, -0.05) is 0 Å². The molecule has 168 valence electrons. The van der Waals surface area contributed by atoms with Crippen molar-refractivity contribution in [3.05, 3.63) is 0 Å². The first-order valence-electron chi connectivity index (χ1n) is 9.41. The van der Waals surface area contributed by atoms with E-state index in [1.54, 1.807) is 13.8 Å². The molecule has 0 aromatic carbocycles. The predicted octanol–water partition coefficient (Wildman–Crippen LogP) is 3.66. The second-order valence-electron chi connectivity index (χ2n) is 9.17. The molecular weight excluding hydrogens is 521 g/mol. The number of ether oxygens (including phenoxy) is 1. The fraction of sp³-hybridized carbons (Fsp3) is 0.941. The zero-order valence-electron chi connectivity index (χ0n) is 15.8. The van der Waals surface area contributed by atoms with Crippen molar-refractivity contribution in [2.24, 2.45) is 29.1 Å². The van der Waals surface area contributed by atoms with Gasteiger partial charge in [-0.3, -0.25) is 0 Å². The standard InChI is InChI=1S/C17H23F6IN2O3/c1-13(2,17-24(25-17)26-17)12(27)29-7-10-4-8-3-9(11(10)5-8)6-14(28,15(18,19)20)16(21,22)23/h8-11,25-26,28H,3-7H2,1-2H3. The molecule has 12 heteroatoms. The topological polar surface area (TPSA) is 90.4 Å². The van der Waals surface area contributed by atoms with Crippen LogP contribution in [0.2, 0.25) is 0 Å². The number of carbonyl (C=O) groups is 1. The van der Waals surface area contributed by atoms with Gasteiger partial charge >= 0.3 is 171 Å². The molecule has 4 unspecified atom stereocenters. The van der Waals surface area contributed by atoms with E-state index in [9.17, 15) is 36.2 Å². The third kappa shape index (κ3) is 3.27. The van der Waals surface area contributed by atoms with Gasteiger partial charge in [-0.2, -0.15) is 0 Å². The molecule has 0 radical (unpaired) electrons. The molecular formula is C17H23F6IN2O3. The molecule has 29 heavy (non-hydrogen) atoms. The second kappa shape index (κ2) is 6.35. The van der Waals surface area contributed by atoms with Gasteiger partial charge in [0.1, 0.15) is 0 Å². The summed E-state index contributed by atoms with van der Waals surface area (Å²) in [4.78, 5) is 12.5. The monoisotopic (exact) mass is 544 g/mol. The first-order chi connectivity index (χ1) is 13.1. The Morgan fingerprint density at radius 3 is 2.03 bits per heavy atom. The molecule has 3 N–H and O–H groups in total. The predicted molar refractivity (Wildman–Crippen MR) is 97.3 cm³/mol. The molecule has 2 aliphatic carbocycles. The van der Waals surface area contributed by atoms with E-state index >= 15 is 0 Å². The van der Waals surface area contributed by atoms with Crippen LogP contribution in [-0.4, -0.2) is 39.3 Å². The van der Waals surface area contributed by atoms with Crippen molar-refractivity contribution in [1.29, 1.82) is 0 Å². The zero-order chi connectivity index (χ0) is 21.6. The average Bonchev–Trinajstić information content (AvgIpc) is 3.36. The van der Waals surface area contributed by atoms with Crippen LogP contribution in [-0.2, 0) is 9.53 Å². The number of carbonyl (C=O) groups excluding carboxylic acids is 1. The minimum atomic E-state index is -5.80. The van der Waals surface area contributed by atoms with E-state index < -0.39 is 68.0 Å². The fourth-order valence-electron chi connectivity index (χ4n) is 5.05. The first-order valence-corrected chi connectivity index (χ1v) is 12.6. The SMILES string of the molecule is CC(C)(C(=O)OCC1CC2CC(CC(O)(C(F)(F)F)C(F)(F)F)C1C2)C12NI1N2. The molecule has 4 aliphatic rings. The number of halogens is 7. The van der Waals surface area contributed by atoms with Crippen LogP contribution < -0.4 is 7.06 Å². The van der Waals surface area contributed by atoms with E-state index in [-0.39, 0.29) is 28.5 Å². The third-order valence-electron chi connectivity index (χ3n) is 7.05. The zero-order valence-corrected chi connectivity index (χ0v) is 17.9. The molecule has 0 spiro atoms. The van der Waals surface area contributed by atoms with E-state index in [0.717, 1.165) is 0 Å². The van der Waals surface area contributed by atoms with Crippen LogP contribution in [0.15, 0.2) is 0 Å². The molecule has 2 saturated carbocycles. The second-order valence-corrected chi connectivity index (χ2v) is 13.5. The summed E-state index contributed by atoms with van der Waals surface area (Å²) >= 11 is -1.38. The Morgan fingerprint density at radius 1 is 1.07 bits per heavy atom. The molecule has 4 fully saturated rings. The van der Waals surface area contributed by atoms with Gasteiger partial charge in [0.15, 0.2) is 0 Å². The van der Waals surface area contributed by atoms with Gasteiger partial charge in [-0.15, -0.1) is 0 Å². The Kier molecular flexibility index (Phi) is 4.79. The molecule has 4 rings (SSSR count). The summed E-state index contributed by atoms with van der Waals surface area (Å²) in [7, 11) is 0. The van der Waals surface area contributed by atoms with Crippen LogP contribution in [0.4, 0.5) is 26.3 Å². The average molecular weight is 544 g/mol. The van der Waals surface area contributed by atoms with Crippen LogP contribution in [0.5, 0.6) is 0 Å². The number of nitrogens with one attached hydrogen (secondary N) is 2. The van der Waals surface area contributed by atoms with Gasteiger partial charge in [-0.25, -0.2) is 0 Å². The molecule has 2 aliphatic heterocycles. The Labute approximate surface area is 171 Å². The number of aliphatic hydroxyl groups is 1. The van der Waals surface area contributed by atoms with Gasteiger partial charge in [0.05, 0.1) is 0 Å². The Hall–Kier alpha value is -0.340. The molecule has 4 atom stereocenters. The third-order valence-corrected chi connectivity index (χ3v) is 12.2. The Morgan fingerprint density at radius 2 is 1.59 bits per heavy atom. The van der Waals surface area contributed by atoms with E-state index in [1.165, 1.54) is 0 Å². The first kappa shape index (κ1) is 21.9. The molecule has 5 nitrogen and oxygen atoms in total. The van der Waals surface area contributed by atoms with Crippen molar-refractivity contribution in [2.75, 3.05) is 6.61 Å². The van der Waals surface area contributed by atoms with E-state index in [0.29, 0.717) is 12.8 Å². The molecule has 0 amide bonds. The summed E-state index contributed by atoms with van der Waals surface area (Å²) in [6, 6.07) is 0. The van der Waals surface area contributed by atoms with Crippen molar-refractivity contribution in [1.82, 2.24) is 7.06 Å². The van der Waals surface area contributed by atoms with Crippen LogP contribution >= 0.6 is 20.4 Å². The number of hydrogen-bond donors (Lipinski definition) is 3.